The molecule has 0 spiro atoms. The lowest BCUT2D eigenvalue weighted by molar-refractivity contribution is -0.144. The van der Waals surface area contributed by atoms with Crippen LogP contribution < -0.4 is 21.7 Å². The van der Waals surface area contributed by atoms with Crippen LogP contribution in [0.2, 0.25) is 0 Å². The van der Waals surface area contributed by atoms with E-state index in [1.54, 1.807) is 20.8 Å². The Morgan fingerprint density at radius 2 is 1.80 bits per heavy atom. The molecular weight excluding hydrogens is 464 g/mol. The number of hydrogen-bond donors (Lipinski definition) is 4. The van der Waals surface area contributed by atoms with Crippen molar-refractivity contribution in [2.24, 2.45) is 17.1 Å². The van der Waals surface area contributed by atoms with Crippen molar-refractivity contribution in [3.63, 3.8) is 0 Å². The predicted octanol–water partition coefficient (Wildman–Crippen LogP) is 1.10. The van der Waals surface area contributed by atoms with Gasteiger partial charge in [0.1, 0.15) is 18.1 Å². The Labute approximate surface area is 204 Å². The fraction of sp³-hybridized carbons (Fsp3) is 0.696. The molecule has 0 aromatic heterocycles. The van der Waals surface area contributed by atoms with E-state index in [2.05, 4.69) is 22.5 Å². The van der Waals surface area contributed by atoms with E-state index in [0.717, 1.165) is 6.42 Å². The van der Waals surface area contributed by atoms with Gasteiger partial charge in [0, 0.05) is 19.5 Å². The number of urea groups is 1. The van der Waals surface area contributed by atoms with Gasteiger partial charge in [-0.05, 0) is 24.2 Å². The minimum atomic E-state index is -2.96. The number of amides is 5. The average molecular weight is 502 g/mol. The summed E-state index contributed by atoms with van der Waals surface area (Å²) in [5, 5.41) is 6.89. The zero-order chi connectivity index (χ0) is 26.9. The van der Waals surface area contributed by atoms with Crippen molar-refractivity contribution < 1.29 is 32.8 Å². The summed E-state index contributed by atoms with van der Waals surface area (Å²) >= 11 is 0. The van der Waals surface area contributed by atoms with E-state index in [-0.39, 0.29) is 25.4 Å². The molecule has 0 aromatic rings. The molecule has 10 nitrogen and oxygen atoms in total. The monoisotopic (exact) mass is 501 g/mol. The van der Waals surface area contributed by atoms with Gasteiger partial charge in [0.2, 0.25) is 24.0 Å². The van der Waals surface area contributed by atoms with Gasteiger partial charge in [0.15, 0.2) is 0 Å². The second-order valence-electron chi connectivity index (χ2n) is 9.76. The third-order valence-electron chi connectivity index (χ3n) is 5.75. The molecule has 1 aliphatic heterocycles. The second-order valence-corrected chi connectivity index (χ2v) is 9.76. The highest BCUT2D eigenvalue weighted by Gasteiger charge is 2.45. The van der Waals surface area contributed by atoms with Crippen LogP contribution in [0.1, 0.15) is 53.4 Å². The second kappa shape index (κ2) is 13.1. The molecule has 35 heavy (non-hydrogen) atoms. The Balaban J connectivity index is 3.20. The third kappa shape index (κ3) is 8.91. The van der Waals surface area contributed by atoms with E-state index in [9.17, 15) is 32.8 Å². The molecule has 0 radical (unpaired) electrons. The van der Waals surface area contributed by atoms with Gasteiger partial charge in [0.25, 0.3) is 5.91 Å². The highest BCUT2D eigenvalue weighted by atomic mass is 19.3. The largest absolute Gasteiger partial charge is 0.352 e. The summed E-state index contributed by atoms with van der Waals surface area (Å²) < 4.78 is 26.3. The first kappa shape index (κ1) is 30.0. The van der Waals surface area contributed by atoms with Crippen molar-refractivity contribution in [3.05, 3.63) is 12.7 Å². The maximum Gasteiger partial charge on any atom is 0.312 e. The molecule has 1 aliphatic rings. The van der Waals surface area contributed by atoms with E-state index in [4.69, 9.17) is 5.73 Å². The van der Waals surface area contributed by atoms with E-state index < -0.39 is 65.9 Å². The molecule has 0 aliphatic carbocycles. The number of rotatable bonds is 12. The topological polar surface area (TPSA) is 151 Å². The summed E-state index contributed by atoms with van der Waals surface area (Å²) in [7, 11) is 0. The van der Waals surface area contributed by atoms with Gasteiger partial charge >= 0.3 is 6.03 Å². The predicted molar refractivity (Wildman–Crippen MR) is 125 cm³/mol. The number of alkyl halides is 2. The standard InChI is InChI=1S/C23H37F2N5O5/c1-6-8-13-10-15(30(12-13)21(34)18(23(3,4)5)29-22(26)35)19(32)28-14(11-16(24)25)17(31)20(33)27-9-7-2/h7,13-16,18H,2,6,8-12H2,1,3-5H3,(H,27,33)(H,28,32)(H3,26,29,35)/t13-,14+,15+,18-/m1/s1. The molecule has 12 heteroatoms. The Morgan fingerprint density at radius 1 is 1.17 bits per heavy atom. The number of ketones is 1. The van der Waals surface area contributed by atoms with Gasteiger partial charge in [-0.15, -0.1) is 6.58 Å². The van der Waals surface area contributed by atoms with Gasteiger partial charge in [-0.3, -0.25) is 19.2 Å². The lowest BCUT2D eigenvalue weighted by Crippen LogP contribution is -2.59. The molecular formula is C23H37F2N5O5. The molecule has 1 heterocycles. The number of likely N-dealkylation sites (tertiary alicyclic amines) is 1. The summed E-state index contributed by atoms with van der Waals surface area (Å²) in [5.41, 5.74) is 4.51. The lowest BCUT2D eigenvalue weighted by Gasteiger charge is -2.35. The maximum absolute atomic E-state index is 13.4. The molecule has 1 rings (SSSR count). The summed E-state index contributed by atoms with van der Waals surface area (Å²) in [6, 6.07) is -4.78. The van der Waals surface area contributed by atoms with Crippen LogP contribution in [0.15, 0.2) is 12.7 Å². The molecule has 0 bridgehead atoms. The SMILES string of the molecule is C=CCNC(=O)C(=O)[C@H](CC(F)F)NC(=O)[C@@H]1C[C@@H](CCC)CN1C(=O)[C@@H](NC(N)=O)C(C)(C)C. The minimum Gasteiger partial charge on any atom is -0.352 e. The summed E-state index contributed by atoms with van der Waals surface area (Å²) in [5.74, 6) is -3.76. The molecule has 0 unspecified atom stereocenters. The van der Waals surface area contributed by atoms with E-state index >= 15 is 0 Å². The molecule has 0 saturated carbocycles. The van der Waals surface area contributed by atoms with E-state index in [1.807, 2.05) is 6.92 Å². The number of nitrogens with one attached hydrogen (secondary N) is 3. The number of halogens is 2. The molecule has 1 fully saturated rings. The Bertz CT molecular complexity index is 815. The van der Waals surface area contributed by atoms with Crippen LogP contribution >= 0.6 is 0 Å². The van der Waals surface area contributed by atoms with Crippen LogP contribution in [-0.2, 0) is 19.2 Å². The molecule has 5 amide bonds. The summed E-state index contributed by atoms with van der Waals surface area (Å²) in [4.78, 5) is 63.9. The number of nitrogens with two attached hydrogens (primary N) is 1. The third-order valence-corrected chi connectivity index (χ3v) is 5.75. The first-order chi connectivity index (χ1) is 16.2. The lowest BCUT2D eigenvalue weighted by atomic mass is 9.85. The van der Waals surface area contributed by atoms with Crippen LogP contribution in [-0.4, -0.2) is 72.1 Å². The number of carbonyl (C=O) groups is 5. The van der Waals surface area contributed by atoms with Crippen molar-refractivity contribution >= 4 is 29.5 Å². The number of carbonyl (C=O) groups excluding carboxylic acids is 5. The number of hydrogen-bond acceptors (Lipinski definition) is 5. The molecule has 1 saturated heterocycles. The first-order valence-electron chi connectivity index (χ1n) is 11.6. The van der Waals surface area contributed by atoms with Crippen LogP contribution in [0, 0.1) is 11.3 Å². The van der Waals surface area contributed by atoms with Crippen LogP contribution in [0.5, 0.6) is 0 Å². The fourth-order valence-corrected chi connectivity index (χ4v) is 4.08. The zero-order valence-electron chi connectivity index (χ0n) is 20.7. The van der Waals surface area contributed by atoms with Gasteiger partial charge in [0.05, 0.1) is 0 Å². The normalized spacial score (nSPS) is 19.6. The van der Waals surface area contributed by atoms with Crippen LogP contribution in [0.25, 0.3) is 0 Å². The van der Waals surface area contributed by atoms with Crippen LogP contribution in [0.3, 0.4) is 0 Å². The summed E-state index contributed by atoms with van der Waals surface area (Å²) in [6.45, 7) is 10.7. The van der Waals surface area contributed by atoms with Gasteiger partial charge in [-0.25, -0.2) is 13.6 Å². The quantitative estimate of drug-likeness (QED) is 0.233. The molecule has 5 N–H and O–H groups in total. The number of nitrogens with zero attached hydrogens (tertiary/aromatic N) is 1. The highest BCUT2D eigenvalue weighted by Crippen LogP contribution is 2.30. The van der Waals surface area contributed by atoms with Crippen molar-refractivity contribution in [2.45, 2.75) is 77.9 Å². The molecule has 198 valence electrons. The Kier molecular flexibility index (Phi) is 11.3. The Morgan fingerprint density at radius 3 is 2.29 bits per heavy atom. The zero-order valence-corrected chi connectivity index (χ0v) is 20.7. The van der Waals surface area contributed by atoms with E-state index in [1.165, 1.54) is 11.0 Å². The number of Topliss-reactive ketones (excluding diaryl/α,β-unsaturated/α-hetero) is 1. The fourth-order valence-electron chi connectivity index (χ4n) is 4.08. The van der Waals surface area contributed by atoms with Gasteiger partial charge in [-0.2, -0.15) is 0 Å². The van der Waals surface area contributed by atoms with Crippen LogP contribution in [0.4, 0.5) is 13.6 Å². The minimum absolute atomic E-state index is 0.0472. The van der Waals surface area contributed by atoms with Gasteiger partial charge < -0.3 is 26.6 Å². The Hall–Kier alpha value is -3.05. The number of primary amides is 1. The average Bonchev–Trinajstić information content (AvgIpc) is 3.17. The highest BCUT2D eigenvalue weighted by molar-refractivity contribution is 6.38. The van der Waals surface area contributed by atoms with Crippen molar-refractivity contribution in [2.75, 3.05) is 13.1 Å². The summed E-state index contributed by atoms with van der Waals surface area (Å²) in [6.07, 6.45) is -0.959. The van der Waals surface area contributed by atoms with Crippen molar-refractivity contribution in [1.82, 2.24) is 20.9 Å². The maximum atomic E-state index is 13.4. The molecule has 0 aromatic carbocycles. The first-order valence-corrected chi connectivity index (χ1v) is 11.6. The van der Waals surface area contributed by atoms with E-state index in [0.29, 0.717) is 6.42 Å². The smallest absolute Gasteiger partial charge is 0.312 e. The van der Waals surface area contributed by atoms with Crippen molar-refractivity contribution in [1.29, 1.82) is 0 Å². The van der Waals surface area contributed by atoms with Gasteiger partial charge in [-0.1, -0.05) is 40.2 Å². The van der Waals surface area contributed by atoms with Crippen molar-refractivity contribution in [3.8, 4) is 0 Å². The molecule has 4 atom stereocenters.